The van der Waals surface area contributed by atoms with Gasteiger partial charge in [0.05, 0.1) is 22.7 Å². The fourth-order valence-electron chi connectivity index (χ4n) is 6.50. The van der Waals surface area contributed by atoms with Crippen molar-refractivity contribution < 1.29 is 22.7 Å². The van der Waals surface area contributed by atoms with Crippen LogP contribution in [0.5, 0.6) is 5.88 Å². The van der Waals surface area contributed by atoms with Gasteiger partial charge in [0.15, 0.2) is 0 Å². The monoisotopic (exact) mass is 634 g/mol. The molecule has 0 saturated carbocycles. The Bertz CT molecular complexity index is 1640. The van der Waals surface area contributed by atoms with Gasteiger partial charge in [-0.3, -0.25) is 4.79 Å². The summed E-state index contributed by atoms with van der Waals surface area (Å²) in [5, 5.41) is 0. The van der Waals surface area contributed by atoms with Crippen molar-refractivity contribution in [3.8, 4) is 17.1 Å². The Labute approximate surface area is 267 Å². The maximum absolute atomic E-state index is 14.3. The quantitative estimate of drug-likeness (QED) is 0.329. The van der Waals surface area contributed by atoms with E-state index in [2.05, 4.69) is 49.3 Å². The van der Waals surface area contributed by atoms with Crippen LogP contribution < -0.4 is 9.46 Å². The molecule has 0 spiro atoms. The van der Waals surface area contributed by atoms with E-state index in [-0.39, 0.29) is 52.2 Å². The summed E-state index contributed by atoms with van der Waals surface area (Å²) in [6.07, 6.45) is 3.40. The molecule has 1 saturated heterocycles. The van der Waals surface area contributed by atoms with E-state index in [1.54, 1.807) is 18.2 Å². The topological polar surface area (TPSA) is 111 Å². The maximum atomic E-state index is 14.3. The van der Waals surface area contributed by atoms with Gasteiger partial charge in [-0.25, -0.2) is 18.1 Å². The van der Waals surface area contributed by atoms with Gasteiger partial charge in [-0.15, -0.1) is 0 Å². The maximum Gasteiger partial charge on any atom is 0.264 e. The van der Waals surface area contributed by atoms with Crippen LogP contribution >= 0.6 is 0 Å². The van der Waals surface area contributed by atoms with E-state index in [1.165, 1.54) is 12.1 Å². The summed E-state index contributed by atoms with van der Waals surface area (Å²) in [4.78, 5) is 25.2. The Morgan fingerprint density at radius 1 is 1.04 bits per heavy atom. The molecule has 1 aromatic heterocycles. The first-order valence-electron chi connectivity index (χ1n) is 15.8. The molecule has 1 amide bonds. The number of benzene rings is 2. The van der Waals surface area contributed by atoms with Gasteiger partial charge in [0.25, 0.3) is 15.9 Å². The summed E-state index contributed by atoms with van der Waals surface area (Å²) in [5.74, 6) is -0.108. The number of hydrogen-bond acceptors (Lipinski definition) is 7. The third-order valence-corrected chi connectivity index (χ3v) is 10.1. The largest absolute Gasteiger partial charge is 0.475 e. The number of anilines is 1. The lowest BCUT2D eigenvalue weighted by Gasteiger charge is -2.41. The van der Waals surface area contributed by atoms with Crippen LogP contribution in [0.25, 0.3) is 11.3 Å². The Balaban J connectivity index is 1.62. The molecule has 4 bridgehead atoms. The number of nitrogens with zero attached hydrogens (tertiary/aromatic N) is 3. The molecule has 1 fully saturated rings. The zero-order chi connectivity index (χ0) is 32.6. The highest BCUT2D eigenvalue weighted by Gasteiger charge is 2.36. The average molecular weight is 635 g/mol. The summed E-state index contributed by atoms with van der Waals surface area (Å²) in [6.45, 7) is 16.2. The summed E-state index contributed by atoms with van der Waals surface area (Å²) in [6, 6.07) is 13.5. The van der Waals surface area contributed by atoms with Crippen LogP contribution in [0.3, 0.4) is 0 Å². The van der Waals surface area contributed by atoms with Crippen molar-refractivity contribution in [2.75, 3.05) is 24.5 Å². The Hall–Kier alpha value is -3.50. The molecule has 45 heavy (non-hydrogen) atoms. The minimum atomic E-state index is -4.13. The van der Waals surface area contributed by atoms with Crippen LogP contribution in [0.2, 0.25) is 0 Å². The van der Waals surface area contributed by atoms with Crippen molar-refractivity contribution in [2.24, 2.45) is 10.8 Å². The second kappa shape index (κ2) is 12.7. The third-order valence-electron chi connectivity index (χ3n) is 8.82. The molecule has 2 aliphatic rings. The zero-order valence-electron chi connectivity index (χ0n) is 27.5. The molecule has 9 nitrogen and oxygen atoms in total. The minimum Gasteiger partial charge on any atom is -0.475 e. The normalized spacial score (nSPS) is 21.5. The van der Waals surface area contributed by atoms with E-state index in [4.69, 9.17) is 9.47 Å². The zero-order valence-corrected chi connectivity index (χ0v) is 28.3. The van der Waals surface area contributed by atoms with E-state index >= 15 is 0 Å². The Kier molecular flexibility index (Phi) is 9.29. The van der Waals surface area contributed by atoms with E-state index in [1.807, 2.05) is 36.9 Å². The summed E-state index contributed by atoms with van der Waals surface area (Å²) >= 11 is 0. The predicted molar refractivity (Wildman–Crippen MR) is 176 cm³/mol. The van der Waals surface area contributed by atoms with Crippen molar-refractivity contribution >= 4 is 21.9 Å². The number of carbonyl (C=O) groups is 1. The second-order valence-electron chi connectivity index (χ2n) is 14.3. The van der Waals surface area contributed by atoms with Crippen LogP contribution in [0.4, 0.5) is 5.95 Å². The molecule has 2 atom stereocenters. The molecule has 2 aliphatic heterocycles. The highest BCUT2D eigenvalue weighted by atomic mass is 32.2. The predicted octanol–water partition coefficient (Wildman–Crippen LogP) is 6.80. The van der Waals surface area contributed by atoms with Gasteiger partial charge < -0.3 is 14.4 Å². The molecular formula is C35H46N4O5S. The first kappa shape index (κ1) is 32.9. The van der Waals surface area contributed by atoms with Crippen molar-refractivity contribution in [2.45, 2.75) is 91.2 Å². The van der Waals surface area contributed by atoms with Crippen LogP contribution in [-0.4, -0.2) is 61.1 Å². The van der Waals surface area contributed by atoms with Gasteiger partial charge >= 0.3 is 0 Å². The van der Waals surface area contributed by atoms with Crippen molar-refractivity contribution in [3.05, 3.63) is 65.2 Å². The lowest BCUT2D eigenvalue weighted by Crippen LogP contribution is -2.48. The average Bonchev–Trinajstić information content (AvgIpc) is 2.95. The first-order chi connectivity index (χ1) is 21.1. The van der Waals surface area contributed by atoms with Gasteiger partial charge in [0.2, 0.25) is 11.8 Å². The lowest BCUT2D eigenvalue weighted by molar-refractivity contribution is -0.0752. The number of sulfonamides is 1. The van der Waals surface area contributed by atoms with Crippen molar-refractivity contribution in [3.63, 3.8) is 0 Å². The number of amides is 1. The third kappa shape index (κ3) is 7.66. The molecule has 1 unspecified atom stereocenters. The number of fused-ring (bicyclic) bond motifs is 4. The molecule has 1 N–H and O–H groups in total. The van der Waals surface area contributed by atoms with Gasteiger partial charge in [-0.05, 0) is 79.7 Å². The number of rotatable bonds is 5. The number of nitrogens with one attached hydrogen (secondary N) is 1. The fourth-order valence-corrected chi connectivity index (χ4v) is 7.49. The first-order valence-corrected chi connectivity index (χ1v) is 17.3. The van der Waals surface area contributed by atoms with Crippen molar-refractivity contribution in [1.29, 1.82) is 0 Å². The van der Waals surface area contributed by atoms with E-state index < -0.39 is 10.0 Å². The molecule has 2 aromatic carbocycles. The summed E-state index contributed by atoms with van der Waals surface area (Å²) in [5.41, 5.74) is 3.58. The Morgan fingerprint density at radius 2 is 1.76 bits per heavy atom. The second-order valence-corrected chi connectivity index (χ2v) is 16.0. The summed E-state index contributed by atoms with van der Waals surface area (Å²) < 4.78 is 42.4. The molecule has 242 valence electrons. The number of aromatic nitrogens is 2. The fraction of sp³-hybridized carbons (Fsp3) is 0.514. The van der Waals surface area contributed by atoms with Gasteiger partial charge in [0.1, 0.15) is 6.61 Å². The van der Waals surface area contributed by atoms with Gasteiger partial charge in [-0.1, -0.05) is 58.9 Å². The van der Waals surface area contributed by atoms with Crippen molar-refractivity contribution in [1.82, 2.24) is 14.9 Å². The van der Waals surface area contributed by atoms with Crippen LogP contribution in [0.1, 0.15) is 81.8 Å². The molecule has 3 heterocycles. The lowest BCUT2D eigenvalue weighted by atomic mass is 9.78. The molecule has 0 radical (unpaired) electrons. The number of hydrogen-bond donors (Lipinski definition) is 1. The summed E-state index contributed by atoms with van der Waals surface area (Å²) in [7, 11) is -4.13. The standard InChI is InChI=1S/C35H46N4O5S/c1-23-11-8-12-24(2)31(23)28-20-30-37-33(36-28)38-45(41,42)27-14-9-13-25(19-27)32(40)39(26(22-44-30)21-34(3,4)5)17-15-29-35(6,7)16-10-18-43-29/h8-9,11-14,19-20,26,29H,10,15-18,21-22H2,1-7H3,(H,36,37,38)/t26-,29?/m1/s1. The molecular weight excluding hydrogens is 588 g/mol. The minimum absolute atomic E-state index is 0.0000771. The Morgan fingerprint density at radius 3 is 2.44 bits per heavy atom. The number of ether oxygens (including phenoxy) is 2. The molecule has 3 aromatic rings. The number of carbonyl (C=O) groups excluding carboxylic acids is 1. The van der Waals surface area contributed by atoms with E-state index in [9.17, 15) is 13.2 Å². The van der Waals surface area contributed by atoms with Gasteiger partial charge in [-0.2, -0.15) is 4.98 Å². The van der Waals surface area contributed by atoms with Crippen LogP contribution in [0.15, 0.2) is 53.4 Å². The molecule has 0 aliphatic carbocycles. The molecule has 10 heteroatoms. The smallest absolute Gasteiger partial charge is 0.264 e. The van der Waals surface area contributed by atoms with Crippen LogP contribution in [-0.2, 0) is 14.8 Å². The van der Waals surface area contributed by atoms with Gasteiger partial charge in [0, 0.05) is 30.3 Å². The molecule has 5 rings (SSSR count). The SMILES string of the molecule is Cc1cccc(C)c1-c1cc2nc(n1)NS(=O)(=O)c1cccc(c1)C(=O)N(CCC1OCCCC1(C)C)[C@H](CC(C)(C)C)CO2. The number of aryl methyl sites for hydroxylation is 2. The van der Waals surface area contributed by atoms with E-state index in [0.29, 0.717) is 37.3 Å². The van der Waals surface area contributed by atoms with E-state index in [0.717, 1.165) is 29.5 Å². The highest BCUT2D eigenvalue weighted by molar-refractivity contribution is 7.92. The highest BCUT2D eigenvalue weighted by Crippen LogP contribution is 2.36. The van der Waals surface area contributed by atoms with Crippen LogP contribution in [0, 0.1) is 24.7 Å².